The lowest BCUT2D eigenvalue weighted by Gasteiger charge is -2.45. The van der Waals surface area contributed by atoms with Crippen molar-refractivity contribution in [2.75, 3.05) is 12.0 Å². The van der Waals surface area contributed by atoms with E-state index in [2.05, 4.69) is 12.2 Å². The van der Waals surface area contributed by atoms with Crippen molar-refractivity contribution >= 4 is 40.2 Å². The molecule has 3 heterocycles. The molecule has 2 amide bonds. The molecule has 174 valence electrons. The number of hydrogen-bond donors (Lipinski definition) is 1. The summed E-state index contributed by atoms with van der Waals surface area (Å²) in [5.74, 6) is 0.660. The van der Waals surface area contributed by atoms with Crippen molar-refractivity contribution in [3.8, 4) is 5.75 Å². The van der Waals surface area contributed by atoms with Crippen molar-refractivity contribution in [1.29, 1.82) is 0 Å². The molecule has 2 aliphatic rings. The van der Waals surface area contributed by atoms with E-state index in [0.717, 1.165) is 31.2 Å². The Morgan fingerprint density at radius 2 is 1.97 bits per heavy atom. The Balaban J connectivity index is 1.61. The largest absolute Gasteiger partial charge is 0.495 e. The van der Waals surface area contributed by atoms with E-state index < -0.39 is 5.54 Å². The van der Waals surface area contributed by atoms with Crippen LogP contribution in [0.1, 0.15) is 50.0 Å². The number of amides is 2. The SMILES string of the molecule is COc1ccc(Cl)cc1N1C(=O)c2cc3occc3n2C[C@@]1(C)C(=O)NC1CCC(C)CC1. The van der Waals surface area contributed by atoms with Gasteiger partial charge in [-0.2, -0.15) is 0 Å². The molecule has 8 heteroatoms. The number of nitrogens with one attached hydrogen (secondary N) is 1. The zero-order chi connectivity index (χ0) is 23.3. The first kappa shape index (κ1) is 21.9. The predicted octanol–water partition coefficient (Wildman–Crippen LogP) is 5.01. The Hall–Kier alpha value is -2.93. The molecule has 0 spiro atoms. The van der Waals surface area contributed by atoms with Gasteiger partial charge in [0.1, 0.15) is 17.0 Å². The Morgan fingerprint density at radius 3 is 2.70 bits per heavy atom. The summed E-state index contributed by atoms with van der Waals surface area (Å²) in [6, 6.07) is 8.74. The quantitative estimate of drug-likeness (QED) is 0.582. The van der Waals surface area contributed by atoms with E-state index in [9.17, 15) is 9.59 Å². The monoisotopic (exact) mass is 469 g/mol. The number of nitrogens with zero attached hydrogens (tertiary/aromatic N) is 2. The molecule has 1 fully saturated rings. The number of rotatable bonds is 4. The van der Waals surface area contributed by atoms with E-state index in [4.69, 9.17) is 20.8 Å². The van der Waals surface area contributed by atoms with Crippen LogP contribution in [-0.4, -0.2) is 35.1 Å². The molecule has 1 aromatic carbocycles. The van der Waals surface area contributed by atoms with Crippen molar-refractivity contribution < 1.29 is 18.7 Å². The zero-order valence-corrected chi connectivity index (χ0v) is 19.8. The fraction of sp³-hybridized carbons (Fsp3) is 0.440. The Labute approximate surface area is 197 Å². The van der Waals surface area contributed by atoms with Gasteiger partial charge in [-0.3, -0.25) is 14.5 Å². The van der Waals surface area contributed by atoms with Gasteiger partial charge in [0.15, 0.2) is 5.58 Å². The van der Waals surface area contributed by atoms with Gasteiger partial charge in [0.05, 0.1) is 31.1 Å². The summed E-state index contributed by atoms with van der Waals surface area (Å²) in [6.07, 6.45) is 5.65. The first-order valence-electron chi connectivity index (χ1n) is 11.4. The van der Waals surface area contributed by atoms with Crippen LogP contribution in [0.4, 0.5) is 5.69 Å². The fourth-order valence-electron chi connectivity index (χ4n) is 5.17. The van der Waals surface area contributed by atoms with Gasteiger partial charge in [-0.1, -0.05) is 18.5 Å². The van der Waals surface area contributed by atoms with Crippen LogP contribution in [0.2, 0.25) is 5.02 Å². The third kappa shape index (κ3) is 3.59. The Kier molecular flexibility index (Phi) is 5.40. The first-order valence-corrected chi connectivity index (χ1v) is 11.8. The van der Waals surface area contributed by atoms with E-state index >= 15 is 0 Å². The second-order valence-corrected chi connectivity index (χ2v) is 9.88. The molecule has 1 aliphatic heterocycles. The lowest BCUT2D eigenvalue weighted by atomic mass is 9.86. The Bertz CT molecular complexity index is 1220. The molecule has 1 N–H and O–H groups in total. The van der Waals surface area contributed by atoms with Gasteiger partial charge >= 0.3 is 0 Å². The maximum Gasteiger partial charge on any atom is 0.276 e. The number of halogens is 1. The van der Waals surface area contributed by atoms with Crippen molar-refractivity contribution in [2.45, 2.75) is 57.7 Å². The number of fused-ring (bicyclic) bond motifs is 3. The first-order chi connectivity index (χ1) is 15.8. The molecule has 2 aromatic heterocycles. The van der Waals surface area contributed by atoms with Gasteiger partial charge in [-0.05, 0) is 56.7 Å². The predicted molar refractivity (Wildman–Crippen MR) is 127 cm³/mol. The zero-order valence-electron chi connectivity index (χ0n) is 19.1. The summed E-state index contributed by atoms with van der Waals surface area (Å²) in [7, 11) is 1.54. The molecule has 1 atom stereocenters. The number of carbonyl (C=O) groups is 2. The molecule has 33 heavy (non-hydrogen) atoms. The van der Waals surface area contributed by atoms with E-state index in [1.165, 1.54) is 12.0 Å². The van der Waals surface area contributed by atoms with E-state index in [0.29, 0.717) is 33.7 Å². The summed E-state index contributed by atoms with van der Waals surface area (Å²) in [4.78, 5) is 29.3. The van der Waals surface area contributed by atoms with Crippen LogP contribution >= 0.6 is 11.6 Å². The average Bonchev–Trinajstić information content (AvgIpc) is 3.38. The van der Waals surface area contributed by atoms with Gasteiger partial charge in [0, 0.05) is 23.2 Å². The highest BCUT2D eigenvalue weighted by molar-refractivity contribution is 6.31. The summed E-state index contributed by atoms with van der Waals surface area (Å²) >= 11 is 6.32. The van der Waals surface area contributed by atoms with E-state index in [-0.39, 0.29) is 24.4 Å². The minimum absolute atomic E-state index is 0.101. The standard InChI is InChI=1S/C25H28ClN3O4/c1-15-4-7-17(8-5-15)27-24(31)25(2)14-28-18-10-11-33-22(18)13-20(28)23(30)29(25)19-12-16(26)6-9-21(19)32-3/h6,9-13,15,17H,4-5,7-8,14H2,1-3H3,(H,27,31)/t15?,17?,25-/m0/s1. The molecule has 0 saturated heterocycles. The number of carbonyl (C=O) groups excluding carboxylic acids is 2. The normalized spacial score (nSPS) is 25.2. The van der Waals surface area contributed by atoms with Gasteiger partial charge in [0.25, 0.3) is 5.91 Å². The summed E-state index contributed by atoms with van der Waals surface area (Å²) in [5, 5.41) is 3.70. The van der Waals surface area contributed by atoms with E-state index in [1.54, 1.807) is 37.5 Å². The highest BCUT2D eigenvalue weighted by atomic mass is 35.5. The molecular weight excluding hydrogens is 442 g/mol. The van der Waals surface area contributed by atoms with Crippen LogP contribution in [0.5, 0.6) is 5.75 Å². The van der Waals surface area contributed by atoms with Gasteiger partial charge < -0.3 is 19.0 Å². The number of furan rings is 1. The molecule has 1 aliphatic carbocycles. The number of hydrogen-bond acceptors (Lipinski definition) is 4. The lowest BCUT2D eigenvalue weighted by Crippen LogP contribution is -2.65. The lowest BCUT2D eigenvalue weighted by molar-refractivity contribution is -0.127. The van der Waals surface area contributed by atoms with Crippen molar-refractivity contribution in [1.82, 2.24) is 9.88 Å². The van der Waals surface area contributed by atoms with Crippen LogP contribution in [0.3, 0.4) is 0 Å². The maximum atomic E-state index is 13.9. The number of aromatic nitrogens is 1. The summed E-state index contributed by atoms with van der Waals surface area (Å²) in [6.45, 7) is 4.33. The van der Waals surface area contributed by atoms with Crippen LogP contribution in [-0.2, 0) is 11.3 Å². The second-order valence-electron chi connectivity index (χ2n) is 9.45. The second kappa shape index (κ2) is 8.13. The molecule has 5 rings (SSSR count). The molecule has 3 aromatic rings. The highest BCUT2D eigenvalue weighted by Gasteiger charge is 2.50. The molecular formula is C25H28ClN3O4. The number of anilines is 1. The van der Waals surface area contributed by atoms with Crippen molar-refractivity contribution in [3.63, 3.8) is 0 Å². The average molecular weight is 470 g/mol. The number of ether oxygens (including phenoxy) is 1. The van der Waals surface area contributed by atoms with Crippen molar-refractivity contribution in [3.05, 3.63) is 47.3 Å². The molecule has 1 saturated carbocycles. The molecule has 0 unspecified atom stereocenters. The van der Waals surface area contributed by atoms with Crippen molar-refractivity contribution in [2.24, 2.45) is 5.92 Å². The van der Waals surface area contributed by atoms with Gasteiger partial charge in [-0.25, -0.2) is 0 Å². The van der Waals surface area contributed by atoms with Gasteiger partial charge in [-0.15, -0.1) is 0 Å². The molecule has 0 bridgehead atoms. The summed E-state index contributed by atoms with van der Waals surface area (Å²) < 4.78 is 13.0. The van der Waals surface area contributed by atoms with E-state index in [1.807, 2.05) is 10.6 Å². The minimum atomic E-state index is -1.20. The van der Waals surface area contributed by atoms with Crippen LogP contribution in [0, 0.1) is 5.92 Å². The molecule has 0 radical (unpaired) electrons. The highest BCUT2D eigenvalue weighted by Crippen LogP contribution is 2.41. The minimum Gasteiger partial charge on any atom is -0.495 e. The maximum absolute atomic E-state index is 13.9. The smallest absolute Gasteiger partial charge is 0.276 e. The van der Waals surface area contributed by atoms with Crippen LogP contribution in [0.25, 0.3) is 11.1 Å². The number of benzene rings is 1. The van der Waals surface area contributed by atoms with Crippen LogP contribution in [0.15, 0.2) is 41.0 Å². The molecule has 7 nitrogen and oxygen atoms in total. The third-order valence-electron chi connectivity index (χ3n) is 7.13. The van der Waals surface area contributed by atoms with Crippen LogP contribution < -0.4 is 15.0 Å². The third-order valence-corrected chi connectivity index (χ3v) is 7.36. The topological polar surface area (TPSA) is 76.7 Å². The Morgan fingerprint density at radius 1 is 1.21 bits per heavy atom. The fourth-order valence-corrected chi connectivity index (χ4v) is 5.34. The summed E-state index contributed by atoms with van der Waals surface area (Å²) in [5.41, 5.74) is 1.13. The van der Waals surface area contributed by atoms with Gasteiger partial charge in [0.2, 0.25) is 5.91 Å². The number of methoxy groups -OCH3 is 1.